The summed E-state index contributed by atoms with van der Waals surface area (Å²) in [5, 5.41) is 14.1. The molecule has 20 heavy (non-hydrogen) atoms. The maximum absolute atomic E-state index is 11.7. The summed E-state index contributed by atoms with van der Waals surface area (Å²) < 4.78 is 4.88. The molecule has 0 aliphatic carbocycles. The number of nitrogens with zero attached hydrogens (tertiary/aromatic N) is 1. The molecule has 106 valence electrons. The molecule has 5 nitrogen and oxygen atoms in total. The van der Waals surface area contributed by atoms with E-state index in [0.717, 1.165) is 21.5 Å². The molecule has 1 heterocycles. The lowest BCUT2D eigenvalue weighted by atomic mass is 10.1. The van der Waals surface area contributed by atoms with E-state index in [-0.39, 0.29) is 18.7 Å². The predicted molar refractivity (Wildman–Crippen MR) is 79.6 cm³/mol. The van der Waals surface area contributed by atoms with Crippen molar-refractivity contribution in [3.63, 3.8) is 0 Å². The maximum Gasteiger partial charge on any atom is 0.356 e. The van der Waals surface area contributed by atoms with Gasteiger partial charge in [-0.15, -0.1) is 11.8 Å². The number of aromatic amines is 1. The van der Waals surface area contributed by atoms with Gasteiger partial charge in [-0.3, -0.25) is 0 Å². The molecule has 0 unspecified atom stereocenters. The van der Waals surface area contributed by atoms with E-state index in [1.165, 1.54) is 0 Å². The zero-order valence-electron chi connectivity index (χ0n) is 11.3. The van der Waals surface area contributed by atoms with Crippen LogP contribution in [0.5, 0.6) is 0 Å². The van der Waals surface area contributed by atoms with E-state index in [9.17, 15) is 4.79 Å². The molecule has 2 aromatic rings. The van der Waals surface area contributed by atoms with E-state index in [0.29, 0.717) is 0 Å². The molecular formula is C14H16N2O3S. The number of thioether (sulfide) groups is 1. The summed E-state index contributed by atoms with van der Waals surface area (Å²) in [7, 11) is 0. The number of ether oxygens (including phenoxy) is 1. The zero-order chi connectivity index (χ0) is 14.5. The Labute approximate surface area is 121 Å². The van der Waals surface area contributed by atoms with Gasteiger partial charge >= 0.3 is 5.97 Å². The highest BCUT2D eigenvalue weighted by Crippen LogP contribution is 2.29. The molecule has 0 aliphatic rings. The minimum absolute atomic E-state index is 0.00639. The third-order valence-corrected chi connectivity index (χ3v) is 3.71. The van der Waals surface area contributed by atoms with Gasteiger partial charge in [-0.05, 0) is 24.8 Å². The lowest BCUT2D eigenvalue weighted by molar-refractivity contribution is -0.135. The Hall–Kier alpha value is -1.95. The number of oxime groups is 1. The first-order valence-electron chi connectivity index (χ1n) is 6.22. The Morgan fingerprint density at radius 3 is 2.85 bits per heavy atom. The lowest BCUT2D eigenvalue weighted by Crippen LogP contribution is -2.20. The molecule has 0 aliphatic heterocycles. The third kappa shape index (κ3) is 2.80. The number of rotatable bonds is 5. The number of benzene rings is 1. The van der Waals surface area contributed by atoms with Crippen LogP contribution in [0, 0.1) is 0 Å². The minimum atomic E-state index is -0.590. The predicted octanol–water partition coefficient (Wildman–Crippen LogP) is 2.83. The number of para-hydroxylation sites is 1. The van der Waals surface area contributed by atoms with Crippen molar-refractivity contribution in [3.05, 3.63) is 29.8 Å². The second-order valence-electron chi connectivity index (χ2n) is 4.13. The van der Waals surface area contributed by atoms with Gasteiger partial charge in [0.1, 0.15) is 0 Å². The quantitative estimate of drug-likeness (QED) is 0.292. The zero-order valence-corrected chi connectivity index (χ0v) is 12.2. The van der Waals surface area contributed by atoms with Crippen molar-refractivity contribution in [3.8, 4) is 0 Å². The molecule has 2 rings (SSSR count). The molecule has 1 aromatic heterocycles. The number of esters is 1. The van der Waals surface area contributed by atoms with Crippen molar-refractivity contribution in [1.29, 1.82) is 0 Å². The van der Waals surface area contributed by atoms with E-state index >= 15 is 0 Å². The van der Waals surface area contributed by atoms with Crippen LogP contribution in [0.1, 0.15) is 12.5 Å². The lowest BCUT2D eigenvalue weighted by Gasteiger charge is -2.05. The van der Waals surface area contributed by atoms with Crippen molar-refractivity contribution in [1.82, 2.24) is 4.98 Å². The van der Waals surface area contributed by atoms with Crippen LogP contribution in [-0.2, 0) is 16.0 Å². The van der Waals surface area contributed by atoms with Gasteiger partial charge in [0.05, 0.1) is 11.6 Å². The minimum Gasteiger partial charge on any atom is -0.461 e. The molecule has 0 fully saturated rings. The van der Waals surface area contributed by atoms with Crippen LogP contribution < -0.4 is 0 Å². The smallest absolute Gasteiger partial charge is 0.356 e. The molecular weight excluding hydrogens is 276 g/mol. The van der Waals surface area contributed by atoms with Crippen molar-refractivity contribution < 1.29 is 14.7 Å². The first-order chi connectivity index (χ1) is 9.71. The van der Waals surface area contributed by atoms with Crippen molar-refractivity contribution in [2.24, 2.45) is 5.16 Å². The number of H-pyrrole nitrogens is 1. The van der Waals surface area contributed by atoms with Gasteiger partial charge in [-0.25, -0.2) is 4.79 Å². The van der Waals surface area contributed by atoms with Crippen LogP contribution in [0.3, 0.4) is 0 Å². The summed E-state index contributed by atoms with van der Waals surface area (Å²) in [6.07, 6.45) is 2.18. The molecule has 1 aromatic carbocycles. The summed E-state index contributed by atoms with van der Waals surface area (Å²) in [6.45, 7) is 1.97. The molecule has 0 atom stereocenters. The Morgan fingerprint density at radius 1 is 1.45 bits per heavy atom. The molecule has 0 saturated carbocycles. The number of hydrogen-bond acceptors (Lipinski definition) is 5. The number of hydrogen-bond donors (Lipinski definition) is 2. The van der Waals surface area contributed by atoms with Crippen LogP contribution >= 0.6 is 11.8 Å². The fourth-order valence-electron chi connectivity index (χ4n) is 2.06. The van der Waals surface area contributed by atoms with Gasteiger partial charge in [0.2, 0.25) is 0 Å². The molecule has 0 saturated heterocycles. The number of carbonyl (C=O) groups is 1. The normalized spacial score (nSPS) is 11.8. The van der Waals surface area contributed by atoms with Crippen molar-refractivity contribution in [2.75, 3.05) is 12.9 Å². The second-order valence-corrected chi connectivity index (χ2v) is 4.94. The van der Waals surface area contributed by atoms with Crippen LogP contribution in [0.15, 0.2) is 34.4 Å². The summed E-state index contributed by atoms with van der Waals surface area (Å²) >= 11 is 1.55. The first-order valence-corrected chi connectivity index (χ1v) is 7.45. The van der Waals surface area contributed by atoms with E-state index in [1.807, 2.05) is 30.5 Å². The van der Waals surface area contributed by atoms with Gasteiger partial charge in [-0.2, -0.15) is 0 Å². The fourth-order valence-corrected chi connectivity index (χ4v) is 2.70. The largest absolute Gasteiger partial charge is 0.461 e. The average molecular weight is 292 g/mol. The third-order valence-electron chi connectivity index (χ3n) is 2.95. The van der Waals surface area contributed by atoms with Crippen LogP contribution in [0.4, 0.5) is 0 Å². The summed E-state index contributed by atoms with van der Waals surface area (Å²) in [5.41, 5.74) is 1.94. The number of nitrogens with one attached hydrogen (secondary N) is 1. The van der Waals surface area contributed by atoms with Crippen LogP contribution in [0.2, 0.25) is 0 Å². The van der Waals surface area contributed by atoms with Crippen LogP contribution in [-0.4, -0.2) is 34.7 Å². The summed E-state index contributed by atoms with van der Waals surface area (Å²) in [4.78, 5) is 15.0. The van der Waals surface area contributed by atoms with Crippen LogP contribution in [0.25, 0.3) is 10.9 Å². The average Bonchev–Trinajstić information content (AvgIpc) is 2.82. The molecule has 0 amide bonds. The molecule has 6 heteroatoms. The monoisotopic (exact) mass is 292 g/mol. The van der Waals surface area contributed by atoms with Crippen molar-refractivity contribution in [2.45, 2.75) is 18.4 Å². The van der Waals surface area contributed by atoms with E-state index < -0.39 is 5.97 Å². The Morgan fingerprint density at radius 2 is 2.20 bits per heavy atom. The van der Waals surface area contributed by atoms with Gasteiger partial charge < -0.3 is 14.9 Å². The first kappa shape index (κ1) is 14.5. The number of aromatic nitrogens is 1. The summed E-state index contributed by atoms with van der Waals surface area (Å²) in [5.74, 6) is -0.590. The topological polar surface area (TPSA) is 74.7 Å². The number of carbonyl (C=O) groups excluding carboxylic acids is 1. The molecule has 0 spiro atoms. The maximum atomic E-state index is 11.7. The fraction of sp³-hybridized carbons (Fsp3) is 0.286. The highest BCUT2D eigenvalue weighted by Gasteiger charge is 2.19. The SMILES string of the molecule is CCOC(=O)/C(Cc1c(SC)[nH]c2ccccc12)=N/O. The molecule has 0 radical (unpaired) electrons. The van der Waals surface area contributed by atoms with Gasteiger partial charge in [-0.1, -0.05) is 23.4 Å². The number of fused-ring (bicyclic) bond motifs is 1. The van der Waals surface area contributed by atoms with Gasteiger partial charge in [0.15, 0.2) is 5.71 Å². The summed E-state index contributed by atoms with van der Waals surface area (Å²) in [6, 6.07) is 7.82. The van der Waals surface area contributed by atoms with Gasteiger partial charge in [0, 0.05) is 17.3 Å². The highest BCUT2D eigenvalue weighted by molar-refractivity contribution is 7.98. The Bertz CT molecular complexity index is 649. The Balaban J connectivity index is 2.39. The molecule has 0 bridgehead atoms. The van der Waals surface area contributed by atoms with E-state index in [4.69, 9.17) is 9.94 Å². The Kier molecular flexibility index (Phi) is 4.68. The van der Waals surface area contributed by atoms with Gasteiger partial charge in [0.25, 0.3) is 0 Å². The highest BCUT2D eigenvalue weighted by atomic mass is 32.2. The van der Waals surface area contributed by atoms with E-state index in [1.54, 1.807) is 18.7 Å². The van der Waals surface area contributed by atoms with E-state index in [2.05, 4.69) is 10.1 Å². The van der Waals surface area contributed by atoms with Crippen molar-refractivity contribution >= 4 is 34.3 Å². The standard InChI is InChI=1S/C14H16N2O3S/c1-3-19-14(17)12(16-18)8-10-9-6-4-5-7-11(9)15-13(10)20-2/h4-7,15,18H,3,8H2,1-2H3/b16-12+. The molecule has 2 N–H and O–H groups in total. The second kappa shape index (κ2) is 6.47.